The van der Waals surface area contributed by atoms with E-state index < -0.39 is 0 Å². The van der Waals surface area contributed by atoms with Crippen LogP contribution in [0.15, 0.2) is 54.6 Å². The van der Waals surface area contributed by atoms with Crippen LogP contribution in [0.4, 0.5) is 5.69 Å². The standard InChI is InChI=1S/C18H17N3O2/c1-12-16(18(22)20-14-6-4-3-5-7-14)21-17(19-12)13-8-10-15(23-2)11-9-13/h3-11H,1-2H3,(H,19,21)(H,20,22). The number of aromatic nitrogens is 2. The molecule has 0 bridgehead atoms. The van der Waals surface area contributed by atoms with Crippen molar-refractivity contribution in [3.05, 3.63) is 66.0 Å². The minimum atomic E-state index is -0.232. The lowest BCUT2D eigenvalue weighted by atomic mass is 10.2. The van der Waals surface area contributed by atoms with Crippen molar-refractivity contribution >= 4 is 11.6 Å². The van der Waals surface area contributed by atoms with Crippen molar-refractivity contribution in [2.45, 2.75) is 6.92 Å². The number of para-hydroxylation sites is 1. The van der Waals surface area contributed by atoms with Gasteiger partial charge in [-0.2, -0.15) is 0 Å². The number of carbonyl (C=O) groups is 1. The number of hydrogen-bond acceptors (Lipinski definition) is 3. The first-order valence-electron chi connectivity index (χ1n) is 7.25. The van der Waals surface area contributed by atoms with Crippen LogP contribution in [0.25, 0.3) is 11.4 Å². The van der Waals surface area contributed by atoms with E-state index >= 15 is 0 Å². The number of nitrogens with one attached hydrogen (secondary N) is 2. The summed E-state index contributed by atoms with van der Waals surface area (Å²) in [6, 6.07) is 16.8. The number of hydrogen-bond donors (Lipinski definition) is 2. The van der Waals surface area contributed by atoms with Gasteiger partial charge in [-0.05, 0) is 43.3 Å². The maximum Gasteiger partial charge on any atom is 0.276 e. The topological polar surface area (TPSA) is 67.0 Å². The fraction of sp³-hybridized carbons (Fsp3) is 0.111. The van der Waals surface area contributed by atoms with Crippen LogP contribution < -0.4 is 10.1 Å². The van der Waals surface area contributed by atoms with Gasteiger partial charge < -0.3 is 15.0 Å². The number of amides is 1. The van der Waals surface area contributed by atoms with E-state index in [-0.39, 0.29) is 5.91 Å². The number of anilines is 1. The molecule has 5 nitrogen and oxygen atoms in total. The smallest absolute Gasteiger partial charge is 0.276 e. The highest BCUT2D eigenvalue weighted by Gasteiger charge is 2.15. The number of nitrogens with zero attached hydrogens (tertiary/aromatic N) is 1. The maximum atomic E-state index is 12.4. The van der Waals surface area contributed by atoms with Crippen molar-refractivity contribution in [2.75, 3.05) is 12.4 Å². The molecule has 0 saturated carbocycles. The molecule has 1 heterocycles. The summed E-state index contributed by atoms with van der Waals surface area (Å²) in [6.45, 7) is 1.83. The zero-order valence-electron chi connectivity index (χ0n) is 13.0. The van der Waals surface area contributed by atoms with Gasteiger partial charge in [0.15, 0.2) is 0 Å². The lowest BCUT2D eigenvalue weighted by molar-refractivity contribution is 0.102. The Labute approximate surface area is 134 Å². The van der Waals surface area contributed by atoms with Gasteiger partial charge in [-0.25, -0.2) is 4.98 Å². The molecule has 0 aliphatic carbocycles. The van der Waals surface area contributed by atoms with Crippen molar-refractivity contribution in [1.29, 1.82) is 0 Å². The average molecular weight is 307 g/mol. The molecule has 3 rings (SSSR count). The summed E-state index contributed by atoms with van der Waals surface area (Å²) in [5.74, 6) is 1.20. The van der Waals surface area contributed by atoms with E-state index in [1.54, 1.807) is 7.11 Å². The second kappa shape index (κ2) is 6.36. The minimum absolute atomic E-state index is 0.232. The number of aromatic amines is 1. The molecule has 0 atom stereocenters. The Bertz CT molecular complexity index is 808. The molecule has 2 aromatic carbocycles. The number of benzene rings is 2. The fourth-order valence-corrected chi connectivity index (χ4v) is 2.28. The summed E-state index contributed by atoms with van der Waals surface area (Å²) >= 11 is 0. The highest BCUT2D eigenvalue weighted by molar-refractivity contribution is 6.04. The summed E-state index contributed by atoms with van der Waals surface area (Å²) in [5.41, 5.74) is 2.75. The zero-order valence-corrected chi connectivity index (χ0v) is 13.0. The molecule has 0 fully saturated rings. The van der Waals surface area contributed by atoms with Crippen molar-refractivity contribution in [3.8, 4) is 17.1 Å². The van der Waals surface area contributed by atoms with Gasteiger partial charge in [-0.1, -0.05) is 18.2 Å². The third-order valence-electron chi connectivity index (χ3n) is 3.49. The second-order valence-corrected chi connectivity index (χ2v) is 5.11. The first kappa shape index (κ1) is 14.8. The first-order chi connectivity index (χ1) is 11.2. The van der Waals surface area contributed by atoms with E-state index in [0.717, 1.165) is 22.7 Å². The number of carbonyl (C=O) groups excluding carboxylic acids is 1. The molecule has 0 radical (unpaired) electrons. The molecule has 0 unspecified atom stereocenters. The third-order valence-corrected chi connectivity index (χ3v) is 3.49. The van der Waals surface area contributed by atoms with Crippen LogP contribution in [-0.4, -0.2) is 23.0 Å². The van der Waals surface area contributed by atoms with Gasteiger partial charge in [0.05, 0.1) is 7.11 Å². The van der Waals surface area contributed by atoms with Crippen molar-refractivity contribution < 1.29 is 9.53 Å². The molecule has 3 aromatic rings. The summed E-state index contributed by atoms with van der Waals surface area (Å²) in [6.07, 6.45) is 0. The number of ether oxygens (including phenoxy) is 1. The highest BCUT2D eigenvalue weighted by atomic mass is 16.5. The quantitative estimate of drug-likeness (QED) is 0.773. The molecule has 1 aromatic heterocycles. The predicted octanol–water partition coefficient (Wildman–Crippen LogP) is 3.65. The summed E-state index contributed by atoms with van der Waals surface area (Å²) < 4.78 is 5.14. The molecular formula is C18H17N3O2. The van der Waals surface area contributed by atoms with Gasteiger partial charge in [0.25, 0.3) is 5.91 Å². The molecule has 23 heavy (non-hydrogen) atoms. The van der Waals surface area contributed by atoms with Gasteiger partial charge >= 0.3 is 0 Å². The Morgan fingerprint density at radius 2 is 1.78 bits per heavy atom. The van der Waals surface area contributed by atoms with Crippen LogP contribution >= 0.6 is 0 Å². The van der Waals surface area contributed by atoms with Gasteiger partial charge in [0.2, 0.25) is 0 Å². The number of aryl methyl sites for hydroxylation is 1. The lowest BCUT2D eigenvalue weighted by Crippen LogP contribution is -2.13. The number of H-pyrrole nitrogens is 1. The van der Waals surface area contributed by atoms with Crippen molar-refractivity contribution in [2.24, 2.45) is 0 Å². The SMILES string of the molecule is COc1ccc(-c2nc(C(=O)Nc3ccccc3)c(C)[nH]2)cc1. The third kappa shape index (κ3) is 3.23. The van der Waals surface area contributed by atoms with Gasteiger partial charge in [-0.3, -0.25) is 4.79 Å². The van der Waals surface area contributed by atoms with Crippen molar-refractivity contribution in [3.63, 3.8) is 0 Å². The molecule has 5 heteroatoms. The predicted molar refractivity (Wildman–Crippen MR) is 89.7 cm³/mol. The molecule has 0 aliphatic heterocycles. The molecule has 0 saturated heterocycles. The van der Waals surface area contributed by atoms with Crippen LogP contribution in [-0.2, 0) is 0 Å². The van der Waals surface area contributed by atoms with E-state index in [4.69, 9.17) is 4.74 Å². The molecule has 116 valence electrons. The van der Waals surface area contributed by atoms with Gasteiger partial charge in [0.1, 0.15) is 17.3 Å². The monoisotopic (exact) mass is 307 g/mol. The Kier molecular flexibility index (Phi) is 4.10. The fourth-order valence-electron chi connectivity index (χ4n) is 2.28. The van der Waals surface area contributed by atoms with E-state index in [1.807, 2.05) is 61.5 Å². The maximum absolute atomic E-state index is 12.4. The average Bonchev–Trinajstić information content (AvgIpc) is 2.98. The summed E-state index contributed by atoms with van der Waals surface area (Å²) in [7, 11) is 1.62. The zero-order chi connectivity index (χ0) is 16.2. The number of methoxy groups -OCH3 is 1. The van der Waals surface area contributed by atoms with E-state index in [9.17, 15) is 4.79 Å². The Morgan fingerprint density at radius 3 is 2.43 bits per heavy atom. The second-order valence-electron chi connectivity index (χ2n) is 5.11. The normalized spacial score (nSPS) is 10.3. The Balaban J connectivity index is 1.84. The van der Waals surface area contributed by atoms with Gasteiger partial charge in [-0.15, -0.1) is 0 Å². The highest BCUT2D eigenvalue weighted by Crippen LogP contribution is 2.21. The van der Waals surface area contributed by atoms with Crippen molar-refractivity contribution in [1.82, 2.24) is 9.97 Å². The van der Waals surface area contributed by atoms with Crippen LogP contribution in [0.2, 0.25) is 0 Å². The molecule has 0 spiro atoms. The largest absolute Gasteiger partial charge is 0.497 e. The Morgan fingerprint density at radius 1 is 1.09 bits per heavy atom. The van der Waals surface area contributed by atoms with E-state index in [0.29, 0.717) is 11.5 Å². The first-order valence-corrected chi connectivity index (χ1v) is 7.25. The molecule has 1 amide bonds. The van der Waals surface area contributed by atoms with Crippen LogP contribution in [0.1, 0.15) is 16.2 Å². The lowest BCUT2D eigenvalue weighted by Gasteiger charge is -2.03. The van der Waals surface area contributed by atoms with E-state index in [2.05, 4.69) is 15.3 Å². The minimum Gasteiger partial charge on any atom is -0.497 e. The van der Waals surface area contributed by atoms with Gasteiger partial charge in [0, 0.05) is 16.9 Å². The summed E-state index contributed by atoms with van der Waals surface area (Å²) in [4.78, 5) is 19.9. The summed E-state index contributed by atoms with van der Waals surface area (Å²) in [5, 5.41) is 2.84. The van der Waals surface area contributed by atoms with Crippen LogP contribution in [0.3, 0.4) is 0 Å². The molecule has 2 N–H and O–H groups in total. The number of rotatable bonds is 4. The van der Waals surface area contributed by atoms with Crippen LogP contribution in [0, 0.1) is 6.92 Å². The van der Waals surface area contributed by atoms with E-state index in [1.165, 1.54) is 0 Å². The molecular weight excluding hydrogens is 290 g/mol. The molecule has 0 aliphatic rings. The Hall–Kier alpha value is -3.08. The number of imidazole rings is 1. The van der Waals surface area contributed by atoms with Crippen LogP contribution in [0.5, 0.6) is 5.75 Å².